The van der Waals surface area contributed by atoms with Crippen molar-refractivity contribution in [2.45, 2.75) is 32.2 Å². The van der Waals surface area contributed by atoms with Gasteiger partial charge in [-0.25, -0.2) is 4.39 Å². The molecule has 1 saturated heterocycles. The minimum atomic E-state index is -0.172. The van der Waals surface area contributed by atoms with Crippen LogP contribution >= 0.6 is 0 Å². The standard InChI is InChI=1S/C15H23FN2/c1-3-12-8-9-17-14(10-12)11-18(2)15-6-4-13(16)5-7-15/h4-7,12,14,17H,3,8-11H2,1-2H3. The molecule has 0 bridgehead atoms. The molecular weight excluding hydrogens is 227 g/mol. The number of hydrogen-bond acceptors (Lipinski definition) is 2. The lowest BCUT2D eigenvalue weighted by molar-refractivity contribution is 0.297. The van der Waals surface area contributed by atoms with Gasteiger partial charge in [-0.2, -0.15) is 0 Å². The number of likely N-dealkylation sites (N-methyl/N-ethyl adjacent to an activating group) is 1. The van der Waals surface area contributed by atoms with E-state index in [1.54, 1.807) is 0 Å². The van der Waals surface area contributed by atoms with Gasteiger partial charge in [0.15, 0.2) is 0 Å². The van der Waals surface area contributed by atoms with Gasteiger partial charge < -0.3 is 10.2 Å². The minimum Gasteiger partial charge on any atom is -0.373 e. The molecule has 0 amide bonds. The number of benzene rings is 1. The molecule has 0 aliphatic carbocycles. The molecule has 0 radical (unpaired) electrons. The summed E-state index contributed by atoms with van der Waals surface area (Å²) >= 11 is 0. The lowest BCUT2D eigenvalue weighted by Crippen LogP contribution is -2.45. The van der Waals surface area contributed by atoms with E-state index in [1.165, 1.54) is 31.4 Å². The SMILES string of the molecule is CCC1CCNC(CN(C)c2ccc(F)cc2)C1. The van der Waals surface area contributed by atoms with Crippen molar-refractivity contribution in [2.75, 3.05) is 25.0 Å². The molecule has 18 heavy (non-hydrogen) atoms. The Morgan fingerprint density at radius 1 is 1.33 bits per heavy atom. The van der Waals surface area contributed by atoms with Gasteiger partial charge in [-0.15, -0.1) is 0 Å². The van der Waals surface area contributed by atoms with Crippen LogP contribution in [0.15, 0.2) is 24.3 Å². The third-order valence-corrected chi connectivity index (χ3v) is 3.94. The molecule has 1 aliphatic rings. The van der Waals surface area contributed by atoms with Crippen molar-refractivity contribution in [3.63, 3.8) is 0 Å². The number of anilines is 1. The van der Waals surface area contributed by atoms with Crippen LogP contribution in [0.4, 0.5) is 10.1 Å². The Morgan fingerprint density at radius 3 is 2.72 bits per heavy atom. The van der Waals surface area contributed by atoms with Gasteiger partial charge >= 0.3 is 0 Å². The zero-order valence-electron chi connectivity index (χ0n) is 11.3. The van der Waals surface area contributed by atoms with Gasteiger partial charge in [0.05, 0.1) is 0 Å². The first-order valence-corrected chi connectivity index (χ1v) is 6.89. The van der Waals surface area contributed by atoms with E-state index in [4.69, 9.17) is 0 Å². The second-order valence-corrected chi connectivity index (χ2v) is 5.31. The van der Waals surface area contributed by atoms with Crippen molar-refractivity contribution in [3.05, 3.63) is 30.1 Å². The highest BCUT2D eigenvalue weighted by molar-refractivity contribution is 5.45. The second-order valence-electron chi connectivity index (χ2n) is 5.31. The maximum atomic E-state index is 12.9. The van der Waals surface area contributed by atoms with Gasteiger partial charge in [-0.1, -0.05) is 13.3 Å². The number of piperidine rings is 1. The third-order valence-electron chi connectivity index (χ3n) is 3.94. The van der Waals surface area contributed by atoms with Gasteiger partial charge in [0.1, 0.15) is 5.82 Å². The Hall–Kier alpha value is -1.09. The van der Waals surface area contributed by atoms with Crippen molar-refractivity contribution >= 4 is 5.69 Å². The number of hydrogen-bond donors (Lipinski definition) is 1. The van der Waals surface area contributed by atoms with Gasteiger partial charge in [0, 0.05) is 25.3 Å². The highest BCUT2D eigenvalue weighted by Gasteiger charge is 2.21. The number of halogens is 1. The van der Waals surface area contributed by atoms with Crippen LogP contribution < -0.4 is 10.2 Å². The smallest absolute Gasteiger partial charge is 0.123 e. The molecule has 0 aromatic heterocycles. The first kappa shape index (κ1) is 13.3. The summed E-state index contributed by atoms with van der Waals surface area (Å²) in [6, 6.07) is 7.29. The van der Waals surface area contributed by atoms with Crippen LogP contribution in [0, 0.1) is 11.7 Å². The normalized spacial score (nSPS) is 23.9. The monoisotopic (exact) mass is 250 g/mol. The Labute approximate surface area is 109 Å². The van der Waals surface area contributed by atoms with Crippen molar-refractivity contribution in [1.29, 1.82) is 0 Å². The van der Waals surface area contributed by atoms with Gasteiger partial charge in [0.2, 0.25) is 0 Å². The van der Waals surface area contributed by atoms with E-state index >= 15 is 0 Å². The van der Waals surface area contributed by atoms with Crippen molar-refractivity contribution in [1.82, 2.24) is 5.32 Å². The predicted molar refractivity (Wildman–Crippen MR) is 74.5 cm³/mol. The molecule has 2 unspecified atom stereocenters. The Balaban J connectivity index is 1.90. The summed E-state index contributed by atoms with van der Waals surface area (Å²) in [6.07, 6.45) is 3.83. The molecule has 1 aliphatic heterocycles. The van der Waals surface area contributed by atoms with E-state index < -0.39 is 0 Å². The molecule has 0 spiro atoms. The van der Waals surface area contributed by atoms with Crippen LogP contribution in [0.5, 0.6) is 0 Å². The van der Waals surface area contributed by atoms with Crippen LogP contribution in [0.1, 0.15) is 26.2 Å². The summed E-state index contributed by atoms with van der Waals surface area (Å²) in [5.74, 6) is 0.687. The van der Waals surface area contributed by atoms with Crippen LogP contribution in [0.2, 0.25) is 0 Å². The second kappa shape index (κ2) is 6.19. The van der Waals surface area contributed by atoms with E-state index in [1.807, 2.05) is 12.1 Å². The lowest BCUT2D eigenvalue weighted by Gasteiger charge is -2.33. The molecule has 2 rings (SSSR count). The van der Waals surface area contributed by atoms with E-state index in [-0.39, 0.29) is 5.82 Å². The van der Waals surface area contributed by atoms with Gasteiger partial charge in [-0.3, -0.25) is 0 Å². The van der Waals surface area contributed by atoms with Crippen molar-refractivity contribution in [3.8, 4) is 0 Å². The zero-order valence-corrected chi connectivity index (χ0v) is 11.3. The first-order chi connectivity index (χ1) is 8.69. The molecule has 2 nitrogen and oxygen atoms in total. The molecule has 1 aromatic carbocycles. The highest BCUT2D eigenvalue weighted by Crippen LogP contribution is 2.21. The summed E-state index contributed by atoms with van der Waals surface area (Å²) in [5.41, 5.74) is 1.08. The largest absolute Gasteiger partial charge is 0.373 e. The minimum absolute atomic E-state index is 0.172. The predicted octanol–water partition coefficient (Wildman–Crippen LogP) is 3.04. The average molecular weight is 250 g/mol. The van der Waals surface area contributed by atoms with E-state index in [0.29, 0.717) is 6.04 Å². The van der Waals surface area contributed by atoms with Crippen LogP contribution in [-0.4, -0.2) is 26.2 Å². The molecule has 1 N–H and O–H groups in total. The summed E-state index contributed by atoms with van der Waals surface area (Å²) in [5, 5.41) is 3.58. The first-order valence-electron chi connectivity index (χ1n) is 6.89. The fourth-order valence-electron chi connectivity index (χ4n) is 2.74. The van der Waals surface area contributed by atoms with Gasteiger partial charge in [-0.05, 0) is 49.6 Å². The number of nitrogens with zero attached hydrogens (tertiary/aromatic N) is 1. The van der Waals surface area contributed by atoms with Crippen molar-refractivity contribution in [2.24, 2.45) is 5.92 Å². The topological polar surface area (TPSA) is 15.3 Å². The molecule has 2 atom stereocenters. The molecule has 3 heteroatoms. The quantitative estimate of drug-likeness (QED) is 0.883. The Kier molecular flexibility index (Phi) is 4.59. The molecule has 0 saturated carbocycles. The van der Waals surface area contributed by atoms with Crippen molar-refractivity contribution < 1.29 is 4.39 Å². The summed E-state index contributed by atoms with van der Waals surface area (Å²) in [6.45, 7) is 4.39. The number of rotatable bonds is 4. The average Bonchev–Trinajstić information content (AvgIpc) is 2.39. The van der Waals surface area contributed by atoms with Crippen LogP contribution in [0.25, 0.3) is 0 Å². The van der Waals surface area contributed by atoms with Crippen LogP contribution in [-0.2, 0) is 0 Å². The maximum Gasteiger partial charge on any atom is 0.123 e. The molecular formula is C15H23FN2. The van der Waals surface area contributed by atoms with Gasteiger partial charge in [0.25, 0.3) is 0 Å². The summed E-state index contributed by atoms with van der Waals surface area (Å²) in [7, 11) is 2.07. The maximum absolute atomic E-state index is 12.9. The lowest BCUT2D eigenvalue weighted by atomic mass is 9.90. The van der Waals surface area contributed by atoms with Crippen LogP contribution in [0.3, 0.4) is 0 Å². The van der Waals surface area contributed by atoms with E-state index in [9.17, 15) is 4.39 Å². The molecule has 100 valence electrons. The third kappa shape index (κ3) is 3.45. The van der Waals surface area contributed by atoms with E-state index in [0.717, 1.165) is 24.7 Å². The molecule has 1 aromatic rings. The Morgan fingerprint density at radius 2 is 2.06 bits per heavy atom. The number of nitrogens with one attached hydrogen (secondary N) is 1. The Bertz CT molecular complexity index is 363. The zero-order chi connectivity index (χ0) is 13.0. The van der Waals surface area contributed by atoms with E-state index in [2.05, 4.69) is 24.2 Å². The fourth-order valence-corrected chi connectivity index (χ4v) is 2.74. The molecule has 1 fully saturated rings. The molecule has 1 heterocycles. The summed E-state index contributed by atoms with van der Waals surface area (Å²) in [4.78, 5) is 2.20. The highest BCUT2D eigenvalue weighted by atomic mass is 19.1. The summed E-state index contributed by atoms with van der Waals surface area (Å²) < 4.78 is 12.9. The fraction of sp³-hybridized carbons (Fsp3) is 0.600.